The van der Waals surface area contributed by atoms with E-state index in [2.05, 4.69) is 15.9 Å². The van der Waals surface area contributed by atoms with E-state index >= 15 is 0 Å². The maximum Gasteiger partial charge on any atom is 0.380 e. The summed E-state index contributed by atoms with van der Waals surface area (Å²) < 4.78 is 6.57. The minimum Gasteiger partial charge on any atom is -0.460 e. The average Bonchev–Trinajstić information content (AvgIpc) is 2.73. The number of esters is 1. The third kappa shape index (κ3) is 2.40. The summed E-state index contributed by atoms with van der Waals surface area (Å²) in [5.74, 6) is -1.38. The molecule has 0 saturated heterocycles. The Balaban J connectivity index is 2.40. The lowest BCUT2D eigenvalue weighted by molar-refractivity contribution is -0.137. The van der Waals surface area contributed by atoms with Gasteiger partial charge >= 0.3 is 5.97 Å². The highest BCUT2D eigenvalue weighted by Gasteiger charge is 2.20. The topological polar surface area (TPSA) is 43.4 Å². The predicted molar refractivity (Wildman–Crippen MR) is 70.5 cm³/mol. The average molecular weight is 313 g/mol. The molecule has 0 aliphatic heterocycles. The Kier molecular flexibility index (Phi) is 3.59. The molecule has 0 N–H and O–H groups in total. The van der Waals surface area contributed by atoms with Crippen LogP contribution in [-0.2, 0) is 9.53 Å². The minimum absolute atomic E-state index is 0.208. The molecule has 1 heterocycles. The van der Waals surface area contributed by atoms with Gasteiger partial charge in [-0.25, -0.2) is 4.79 Å². The molecule has 0 fully saturated rings. The van der Waals surface area contributed by atoms with Crippen molar-refractivity contribution in [1.82, 2.24) is 0 Å². The number of hydrogen-bond donors (Lipinski definition) is 0. The van der Waals surface area contributed by atoms with Gasteiger partial charge in [-0.3, -0.25) is 4.79 Å². The van der Waals surface area contributed by atoms with Crippen LogP contribution < -0.4 is 0 Å². The molecule has 17 heavy (non-hydrogen) atoms. The Morgan fingerprint density at radius 3 is 2.82 bits per heavy atom. The number of ketones is 1. The molecule has 0 aliphatic carbocycles. The summed E-state index contributed by atoms with van der Waals surface area (Å²) in [6.07, 6.45) is 0. The fraction of sp³-hybridized carbons (Fsp3) is 0.167. The molecule has 1 aromatic heterocycles. The van der Waals surface area contributed by atoms with Crippen molar-refractivity contribution in [3.8, 4) is 0 Å². The number of carbonyl (C=O) groups excluding carboxylic acids is 2. The maximum absolute atomic E-state index is 11.7. The summed E-state index contributed by atoms with van der Waals surface area (Å²) in [4.78, 5) is 23.5. The van der Waals surface area contributed by atoms with Gasteiger partial charge in [-0.05, 0) is 40.4 Å². The van der Waals surface area contributed by atoms with Crippen molar-refractivity contribution in [2.24, 2.45) is 0 Å². The number of carbonyl (C=O) groups is 2. The monoisotopic (exact) mass is 312 g/mol. The van der Waals surface area contributed by atoms with Crippen LogP contribution in [0.25, 0.3) is 10.1 Å². The Morgan fingerprint density at radius 1 is 1.41 bits per heavy atom. The molecule has 0 bridgehead atoms. The second-order valence-electron chi connectivity index (χ2n) is 3.32. The molecular formula is C12H9BrO3S. The zero-order chi connectivity index (χ0) is 12.4. The quantitative estimate of drug-likeness (QED) is 0.495. The predicted octanol–water partition coefficient (Wildman–Crippen LogP) is 3.41. The molecule has 0 amide bonds. The Bertz CT molecular complexity index is 588. The van der Waals surface area contributed by atoms with E-state index in [1.807, 2.05) is 18.2 Å². The largest absolute Gasteiger partial charge is 0.460 e. The number of ether oxygens (including phenoxy) is 1. The van der Waals surface area contributed by atoms with E-state index in [-0.39, 0.29) is 6.61 Å². The molecular weight excluding hydrogens is 304 g/mol. The number of rotatable bonds is 3. The zero-order valence-electron chi connectivity index (χ0n) is 9.03. The van der Waals surface area contributed by atoms with Crippen LogP contribution in [-0.4, -0.2) is 18.4 Å². The fourth-order valence-corrected chi connectivity index (χ4v) is 3.05. The molecule has 2 rings (SSSR count). The van der Waals surface area contributed by atoms with Gasteiger partial charge < -0.3 is 4.74 Å². The number of Topliss-reactive ketones (excluding diaryl/α,β-unsaturated/α-hetero) is 1. The Hall–Kier alpha value is -1.20. The molecule has 3 nitrogen and oxygen atoms in total. The SMILES string of the molecule is CCOC(=O)C(=O)c1cc2cccc(Br)c2s1. The Labute approximate surface area is 111 Å². The first-order valence-electron chi connectivity index (χ1n) is 5.03. The van der Waals surface area contributed by atoms with E-state index in [1.54, 1.807) is 13.0 Å². The Morgan fingerprint density at radius 2 is 2.18 bits per heavy atom. The normalized spacial score (nSPS) is 10.5. The van der Waals surface area contributed by atoms with Crippen LogP contribution in [0.5, 0.6) is 0 Å². The number of fused-ring (bicyclic) bond motifs is 1. The van der Waals surface area contributed by atoms with Crippen molar-refractivity contribution in [3.05, 3.63) is 33.6 Å². The molecule has 0 saturated carbocycles. The number of benzene rings is 1. The van der Waals surface area contributed by atoms with Crippen LogP contribution in [0.4, 0.5) is 0 Å². The van der Waals surface area contributed by atoms with Crippen LogP contribution in [0, 0.1) is 0 Å². The van der Waals surface area contributed by atoms with E-state index in [0.717, 1.165) is 14.6 Å². The van der Waals surface area contributed by atoms with Crippen LogP contribution in [0.1, 0.15) is 16.6 Å². The molecule has 2 aromatic rings. The second kappa shape index (κ2) is 4.98. The third-order valence-corrected chi connectivity index (χ3v) is 4.29. The summed E-state index contributed by atoms with van der Waals surface area (Å²) >= 11 is 4.70. The number of hydrogen-bond acceptors (Lipinski definition) is 4. The van der Waals surface area contributed by atoms with Crippen LogP contribution in [0.15, 0.2) is 28.7 Å². The van der Waals surface area contributed by atoms with Crippen LogP contribution in [0.3, 0.4) is 0 Å². The molecule has 0 spiro atoms. The van der Waals surface area contributed by atoms with Crippen molar-refractivity contribution in [3.63, 3.8) is 0 Å². The van der Waals surface area contributed by atoms with Gasteiger partial charge in [0.25, 0.3) is 5.78 Å². The van der Waals surface area contributed by atoms with Gasteiger partial charge in [-0.15, -0.1) is 11.3 Å². The van der Waals surface area contributed by atoms with E-state index in [9.17, 15) is 9.59 Å². The lowest BCUT2D eigenvalue weighted by Gasteiger charge is -1.97. The maximum atomic E-state index is 11.7. The standard InChI is InChI=1S/C12H9BrO3S/c1-2-16-12(15)10(14)9-6-7-4-3-5-8(13)11(7)17-9/h3-6H,2H2,1H3. The van der Waals surface area contributed by atoms with Gasteiger partial charge in [0.15, 0.2) is 0 Å². The van der Waals surface area contributed by atoms with Crippen LogP contribution in [0.2, 0.25) is 0 Å². The van der Waals surface area contributed by atoms with E-state index in [4.69, 9.17) is 4.74 Å². The first-order chi connectivity index (χ1) is 8.13. The highest BCUT2D eigenvalue weighted by Crippen LogP contribution is 2.32. The van der Waals surface area contributed by atoms with E-state index in [0.29, 0.717) is 4.88 Å². The van der Waals surface area contributed by atoms with Crippen molar-refractivity contribution in [1.29, 1.82) is 0 Å². The second-order valence-corrected chi connectivity index (χ2v) is 5.22. The number of halogens is 1. The summed E-state index contributed by atoms with van der Waals surface area (Å²) in [5.41, 5.74) is 0. The van der Waals surface area contributed by atoms with Crippen LogP contribution >= 0.6 is 27.3 Å². The summed E-state index contributed by atoms with van der Waals surface area (Å²) in [6, 6.07) is 7.40. The third-order valence-electron chi connectivity index (χ3n) is 2.18. The minimum atomic E-state index is -0.796. The van der Waals surface area contributed by atoms with E-state index < -0.39 is 11.8 Å². The highest BCUT2D eigenvalue weighted by molar-refractivity contribution is 9.10. The molecule has 1 aromatic carbocycles. The molecule has 0 atom stereocenters. The van der Waals surface area contributed by atoms with Gasteiger partial charge in [-0.1, -0.05) is 12.1 Å². The fourth-order valence-electron chi connectivity index (χ4n) is 1.44. The highest BCUT2D eigenvalue weighted by atomic mass is 79.9. The first kappa shape index (κ1) is 12.3. The molecule has 0 aliphatic rings. The van der Waals surface area contributed by atoms with Gasteiger partial charge in [0, 0.05) is 9.17 Å². The molecule has 0 radical (unpaired) electrons. The zero-order valence-corrected chi connectivity index (χ0v) is 11.4. The van der Waals surface area contributed by atoms with Gasteiger partial charge in [-0.2, -0.15) is 0 Å². The van der Waals surface area contributed by atoms with Crippen molar-refractivity contribution in [2.75, 3.05) is 6.61 Å². The molecule has 5 heteroatoms. The molecule has 88 valence electrons. The first-order valence-corrected chi connectivity index (χ1v) is 6.64. The van der Waals surface area contributed by atoms with Crippen molar-refractivity contribution >= 4 is 49.1 Å². The van der Waals surface area contributed by atoms with Crippen molar-refractivity contribution < 1.29 is 14.3 Å². The van der Waals surface area contributed by atoms with Gasteiger partial charge in [0.2, 0.25) is 0 Å². The van der Waals surface area contributed by atoms with Crippen molar-refractivity contribution in [2.45, 2.75) is 6.92 Å². The lowest BCUT2D eigenvalue weighted by Crippen LogP contribution is -2.16. The summed E-state index contributed by atoms with van der Waals surface area (Å²) in [5, 5.41) is 0.942. The summed E-state index contributed by atoms with van der Waals surface area (Å²) in [6.45, 7) is 1.88. The van der Waals surface area contributed by atoms with Gasteiger partial charge in [0.1, 0.15) is 0 Å². The summed E-state index contributed by atoms with van der Waals surface area (Å²) in [7, 11) is 0. The smallest absolute Gasteiger partial charge is 0.380 e. The van der Waals surface area contributed by atoms with E-state index in [1.165, 1.54) is 11.3 Å². The molecule has 0 unspecified atom stereocenters. The lowest BCUT2D eigenvalue weighted by atomic mass is 10.2. The van der Waals surface area contributed by atoms with Gasteiger partial charge in [0.05, 0.1) is 11.5 Å². The number of thiophene rings is 1.